The average molecular weight is 227 g/mol. The quantitative estimate of drug-likeness (QED) is 0.759. The lowest BCUT2D eigenvalue weighted by Gasteiger charge is -2.33. The van der Waals surface area contributed by atoms with E-state index in [0.29, 0.717) is 18.7 Å². The molecule has 1 unspecified atom stereocenters. The third-order valence-corrected chi connectivity index (χ3v) is 3.47. The fourth-order valence-electron chi connectivity index (χ4n) is 1.83. The highest BCUT2D eigenvalue weighted by atomic mass is 32.1. The van der Waals surface area contributed by atoms with Crippen molar-refractivity contribution in [2.45, 2.75) is 31.9 Å². The first-order chi connectivity index (χ1) is 7.03. The second-order valence-corrected chi connectivity index (χ2v) is 4.81. The number of amides is 1. The maximum absolute atomic E-state index is 12.0. The topological polar surface area (TPSA) is 66.3 Å². The van der Waals surface area contributed by atoms with Gasteiger partial charge in [0.25, 0.3) is 5.91 Å². The van der Waals surface area contributed by atoms with E-state index < -0.39 is 11.6 Å². The van der Waals surface area contributed by atoms with Gasteiger partial charge in [-0.2, -0.15) is 0 Å². The Bertz CT molecular complexity index is 363. The van der Waals surface area contributed by atoms with E-state index in [2.05, 4.69) is 9.59 Å². The number of aliphatic hydroxyl groups excluding tert-OH is 1. The number of rotatable bonds is 1. The molecule has 1 aliphatic heterocycles. The first-order valence-corrected chi connectivity index (χ1v) is 5.64. The Morgan fingerprint density at radius 2 is 2.47 bits per heavy atom. The van der Waals surface area contributed by atoms with E-state index in [4.69, 9.17) is 0 Å². The Balaban J connectivity index is 2.22. The smallest absolute Gasteiger partial charge is 0.275 e. The maximum atomic E-state index is 12.0. The summed E-state index contributed by atoms with van der Waals surface area (Å²) in [6.07, 6.45) is 0.157. The summed E-state index contributed by atoms with van der Waals surface area (Å²) in [6.45, 7) is 4.30. The maximum Gasteiger partial charge on any atom is 0.275 e. The number of carbonyl (C=O) groups is 1. The largest absolute Gasteiger partial charge is 0.391 e. The van der Waals surface area contributed by atoms with Gasteiger partial charge < -0.3 is 10.0 Å². The summed E-state index contributed by atoms with van der Waals surface area (Å²) in [5, 5.41) is 15.1. The van der Waals surface area contributed by atoms with Gasteiger partial charge in [0.15, 0.2) is 5.69 Å². The van der Waals surface area contributed by atoms with E-state index in [1.54, 1.807) is 10.3 Å². The van der Waals surface area contributed by atoms with Crippen molar-refractivity contribution in [3.8, 4) is 0 Å². The molecule has 2 heterocycles. The Hall–Kier alpha value is -1.01. The van der Waals surface area contributed by atoms with Crippen LogP contribution in [0, 0.1) is 0 Å². The van der Waals surface area contributed by atoms with Crippen LogP contribution < -0.4 is 0 Å². The lowest BCUT2D eigenvalue weighted by molar-refractivity contribution is 0.0390. The second kappa shape index (κ2) is 3.53. The monoisotopic (exact) mass is 227 g/mol. The molecule has 2 rings (SSSR count). The number of carbonyl (C=O) groups excluding carboxylic acids is 1. The molecule has 6 heteroatoms. The normalized spacial score (nSPS) is 24.5. The molecule has 5 nitrogen and oxygen atoms in total. The van der Waals surface area contributed by atoms with E-state index in [9.17, 15) is 9.90 Å². The van der Waals surface area contributed by atoms with E-state index >= 15 is 0 Å². The summed E-state index contributed by atoms with van der Waals surface area (Å²) in [5.41, 5.74) is -0.150. The molecule has 1 fully saturated rings. The SMILES string of the molecule is CC1(C)C(O)CCN1C(=O)c1csnn1. The molecule has 15 heavy (non-hydrogen) atoms. The summed E-state index contributed by atoms with van der Waals surface area (Å²) >= 11 is 1.16. The lowest BCUT2D eigenvalue weighted by Crippen LogP contribution is -2.48. The molecule has 1 aromatic heterocycles. The van der Waals surface area contributed by atoms with Crippen LogP contribution >= 0.6 is 11.5 Å². The predicted octanol–water partition coefficient (Wildman–Crippen LogP) is 0.524. The molecular weight excluding hydrogens is 214 g/mol. The molecule has 82 valence electrons. The Morgan fingerprint density at radius 3 is 2.93 bits per heavy atom. The zero-order valence-electron chi connectivity index (χ0n) is 8.67. The van der Waals surface area contributed by atoms with E-state index in [1.807, 2.05) is 13.8 Å². The zero-order valence-corrected chi connectivity index (χ0v) is 9.49. The van der Waals surface area contributed by atoms with Crippen molar-refractivity contribution in [3.05, 3.63) is 11.1 Å². The van der Waals surface area contributed by atoms with Gasteiger partial charge >= 0.3 is 0 Å². The van der Waals surface area contributed by atoms with Crippen LogP contribution in [-0.4, -0.2) is 43.7 Å². The van der Waals surface area contributed by atoms with Crippen molar-refractivity contribution in [1.82, 2.24) is 14.5 Å². The predicted molar refractivity (Wildman–Crippen MR) is 55.6 cm³/mol. The molecule has 0 aliphatic carbocycles. The van der Waals surface area contributed by atoms with Crippen LogP contribution in [0.5, 0.6) is 0 Å². The van der Waals surface area contributed by atoms with Crippen molar-refractivity contribution in [2.75, 3.05) is 6.54 Å². The van der Waals surface area contributed by atoms with Crippen molar-refractivity contribution in [2.24, 2.45) is 0 Å². The third-order valence-electron chi connectivity index (χ3n) is 2.96. The minimum atomic E-state index is -0.513. The highest BCUT2D eigenvalue weighted by molar-refractivity contribution is 7.03. The number of aromatic nitrogens is 2. The van der Waals surface area contributed by atoms with Gasteiger partial charge in [0.05, 0.1) is 11.6 Å². The molecule has 1 aromatic rings. The number of aliphatic hydroxyl groups is 1. The first kappa shape index (κ1) is 10.5. The van der Waals surface area contributed by atoms with Gasteiger partial charge in [-0.25, -0.2) is 0 Å². The fourth-order valence-corrected chi connectivity index (χ4v) is 2.26. The van der Waals surface area contributed by atoms with Gasteiger partial charge in [-0.05, 0) is 31.8 Å². The van der Waals surface area contributed by atoms with Gasteiger partial charge in [-0.1, -0.05) is 4.49 Å². The molecule has 1 aliphatic rings. The Kier molecular flexibility index (Phi) is 2.47. The number of hydrogen-bond donors (Lipinski definition) is 1. The van der Waals surface area contributed by atoms with Crippen LogP contribution in [0.15, 0.2) is 5.38 Å². The molecule has 0 radical (unpaired) electrons. The van der Waals surface area contributed by atoms with Crippen LogP contribution in [0.2, 0.25) is 0 Å². The van der Waals surface area contributed by atoms with Gasteiger partial charge in [0, 0.05) is 11.9 Å². The standard InChI is InChI=1S/C9H13N3O2S/c1-9(2)7(13)3-4-12(9)8(14)6-5-15-11-10-6/h5,7,13H,3-4H2,1-2H3. The molecule has 0 aromatic carbocycles. The van der Waals surface area contributed by atoms with Gasteiger partial charge in [-0.15, -0.1) is 5.10 Å². The molecular formula is C9H13N3O2S. The summed E-state index contributed by atoms with van der Waals surface area (Å²) in [4.78, 5) is 13.6. The van der Waals surface area contributed by atoms with Crippen LogP contribution in [-0.2, 0) is 0 Å². The first-order valence-electron chi connectivity index (χ1n) is 4.80. The molecule has 1 atom stereocenters. The third kappa shape index (κ3) is 1.63. The van der Waals surface area contributed by atoms with Crippen LogP contribution in [0.4, 0.5) is 0 Å². The number of hydrogen-bond acceptors (Lipinski definition) is 5. The summed E-state index contributed by atoms with van der Waals surface area (Å²) in [5.74, 6) is -0.148. The van der Waals surface area contributed by atoms with Crippen LogP contribution in [0.25, 0.3) is 0 Å². The molecule has 0 bridgehead atoms. The number of nitrogens with zero attached hydrogens (tertiary/aromatic N) is 3. The van der Waals surface area contributed by atoms with E-state index in [1.165, 1.54) is 0 Å². The minimum absolute atomic E-state index is 0.148. The molecule has 1 N–H and O–H groups in total. The Morgan fingerprint density at radius 1 is 1.73 bits per heavy atom. The van der Waals surface area contributed by atoms with Gasteiger partial charge in [0.1, 0.15) is 0 Å². The van der Waals surface area contributed by atoms with Crippen molar-refractivity contribution in [1.29, 1.82) is 0 Å². The van der Waals surface area contributed by atoms with Crippen molar-refractivity contribution >= 4 is 17.4 Å². The van der Waals surface area contributed by atoms with E-state index in [0.717, 1.165) is 11.5 Å². The number of likely N-dealkylation sites (tertiary alicyclic amines) is 1. The van der Waals surface area contributed by atoms with Crippen LogP contribution in [0.1, 0.15) is 30.8 Å². The van der Waals surface area contributed by atoms with E-state index in [-0.39, 0.29) is 5.91 Å². The zero-order chi connectivity index (χ0) is 11.1. The summed E-state index contributed by atoms with van der Waals surface area (Å²) in [6, 6.07) is 0. The van der Waals surface area contributed by atoms with Crippen molar-refractivity contribution < 1.29 is 9.90 Å². The fraction of sp³-hybridized carbons (Fsp3) is 0.667. The second-order valence-electron chi connectivity index (χ2n) is 4.21. The van der Waals surface area contributed by atoms with Gasteiger partial charge in [-0.3, -0.25) is 4.79 Å². The molecule has 1 amide bonds. The van der Waals surface area contributed by atoms with Gasteiger partial charge in [0.2, 0.25) is 0 Å². The highest BCUT2D eigenvalue weighted by Crippen LogP contribution is 2.29. The molecule has 0 saturated carbocycles. The average Bonchev–Trinajstić information content (AvgIpc) is 2.76. The molecule has 0 spiro atoms. The van der Waals surface area contributed by atoms with Crippen LogP contribution in [0.3, 0.4) is 0 Å². The highest BCUT2D eigenvalue weighted by Gasteiger charge is 2.43. The lowest BCUT2D eigenvalue weighted by atomic mass is 9.98. The summed E-state index contributed by atoms with van der Waals surface area (Å²) in [7, 11) is 0. The molecule has 1 saturated heterocycles. The Labute approximate surface area is 91.9 Å². The van der Waals surface area contributed by atoms with Crippen molar-refractivity contribution in [3.63, 3.8) is 0 Å². The minimum Gasteiger partial charge on any atom is -0.391 e. The summed E-state index contributed by atoms with van der Waals surface area (Å²) < 4.78 is 3.66.